The summed E-state index contributed by atoms with van der Waals surface area (Å²) in [4.78, 5) is 3.68. The summed E-state index contributed by atoms with van der Waals surface area (Å²) in [5.41, 5.74) is 4.34. The fourth-order valence-corrected chi connectivity index (χ4v) is 4.38. The van der Waals surface area contributed by atoms with E-state index in [1.807, 2.05) is 0 Å². The molecule has 21 heavy (non-hydrogen) atoms. The lowest BCUT2D eigenvalue weighted by Gasteiger charge is -2.24. The molecule has 2 aromatic rings. The number of para-hydroxylation sites is 1. The highest BCUT2D eigenvalue weighted by atomic mass is 14.9. The van der Waals surface area contributed by atoms with E-state index in [0.717, 1.165) is 5.92 Å². The Morgan fingerprint density at radius 1 is 1.05 bits per heavy atom. The average molecular weight is 282 g/mol. The molecule has 2 aliphatic carbocycles. The standard InChI is InChI=1S/C19H26N2/c1-2-7-14(6-1)12-13-20-18-11-5-9-16-15-8-3-4-10-17(15)21-19(16)18/h3-4,8,10,14,18,20-21H,1-2,5-7,9,11-13H2. The van der Waals surface area contributed by atoms with Crippen LogP contribution in [0.2, 0.25) is 0 Å². The van der Waals surface area contributed by atoms with E-state index in [1.165, 1.54) is 74.5 Å². The minimum atomic E-state index is 0.544. The summed E-state index contributed by atoms with van der Waals surface area (Å²) in [7, 11) is 0. The van der Waals surface area contributed by atoms with Gasteiger partial charge >= 0.3 is 0 Å². The first-order chi connectivity index (χ1) is 10.4. The Kier molecular flexibility index (Phi) is 3.72. The van der Waals surface area contributed by atoms with Crippen molar-refractivity contribution in [2.24, 2.45) is 5.92 Å². The molecule has 4 rings (SSSR count). The highest BCUT2D eigenvalue weighted by molar-refractivity contribution is 5.85. The van der Waals surface area contributed by atoms with Gasteiger partial charge in [-0.3, -0.25) is 0 Å². The van der Waals surface area contributed by atoms with Gasteiger partial charge in [-0.2, -0.15) is 0 Å². The average Bonchev–Trinajstić information content (AvgIpc) is 3.15. The molecule has 0 spiro atoms. The molecular weight excluding hydrogens is 256 g/mol. The number of nitrogens with one attached hydrogen (secondary N) is 2. The minimum Gasteiger partial charge on any atom is -0.357 e. The van der Waals surface area contributed by atoms with E-state index in [9.17, 15) is 0 Å². The number of aromatic nitrogens is 1. The van der Waals surface area contributed by atoms with Crippen LogP contribution >= 0.6 is 0 Å². The Bertz CT molecular complexity index is 607. The molecule has 0 radical (unpaired) electrons. The summed E-state index contributed by atoms with van der Waals surface area (Å²) in [5, 5.41) is 5.27. The Morgan fingerprint density at radius 3 is 2.81 bits per heavy atom. The lowest BCUT2D eigenvalue weighted by Crippen LogP contribution is -2.27. The zero-order valence-corrected chi connectivity index (χ0v) is 12.8. The Balaban J connectivity index is 1.47. The Hall–Kier alpha value is -1.28. The molecule has 112 valence electrons. The first-order valence-electron chi connectivity index (χ1n) is 8.74. The van der Waals surface area contributed by atoms with Crippen molar-refractivity contribution < 1.29 is 0 Å². The molecular formula is C19H26N2. The molecule has 0 saturated heterocycles. The molecule has 0 amide bonds. The van der Waals surface area contributed by atoms with Crippen LogP contribution in [-0.2, 0) is 6.42 Å². The van der Waals surface area contributed by atoms with Crippen molar-refractivity contribution in [2.45, 2.75) is 57.4 Å². The smallest absolute Gasteiger partial charge is 0.0476 e. The number of aryl methyl sites for hydroxylation is 1. The van der Waals surface area contributed by atoms with E-state index >= 15 is 0 Å². The van der Waals surface area contributed by atoms with Gasteiger partial charge in [0.25, 0.3) is 0 Å². The minimum absolute atomic E-state index is 0.544. The van der Waals surface area contributed by atoms with Gasteiger partial charge in [0.2, 0.25) is 0 Å². The van der Waals surface area contributed by atoms with Gasteiger partial charge in [0.1, 0.15) is 0 Å². The molecule has 1 heterocycles. The monoisotopic (exact) mass is 282 g/mol. The molecule has 1 aromatic heterocycles. The van der Waals surface area contributed by atoms with Gasteiger partial charge in [0, 0.05) is 22.6 Å². The van der Waals surface area contributed by atoms with Crippen molar-refractivity contribution in [3.05, 3.63) is 35.5 Å². The molecule has 1 atom stereocenters. The van der Waals surface area contributed by atoms with Crippen molar-refractivity contribution in [1.82, 2.24) is 10.3 Å². The highest BCUT2D eigenvalue weighted by Crippen LogP contribution is 2.35. The van der Waals surface area contributed by atoms with Crippen molar-refractivity contribution >= 4 is 10.9 Å². The molecule has 2 aliphatic rings. The van der Waals surface area contributed by atoms with Crippen molar-refractivity contribution in [1.29, 1.82) is 0 Å². The first-order valence-corrected chi connectivity index (χ1v) is 8.74. The molecule has 1 aromatic carbocycles. The van der Waals surface area contributed by atoms with Crippen LogP contribution in [0.25, 0.3) is 10.9 Å². The quantitative estimate of drug-likeness (QED) is 0.834. The number of hydrogen-bond donors (Lipinski definition) is 2. The molecule has 1 unspecified atom stereocenters. The fraction of sp³-hybridized carbons (Fsp3) is 0.579. The summed E-state index contributed by atoms with van der Waals surface area (Å²) in [6.45, 7) is 1.18. The topological polar surface area (TPSA) is 27.8 Å². The van der Waals surface area contributed by atoms with Gasteiger partial charge in [-0.05, 0) is 49.8 Å². The third-order valence-corrected chi connectivity index (χ3v) is 5.53. The first kappa shape index (κ1) is 13.4. The van der Waals surface area contributed by atoms with E-state index in [2.05, 4.69) is 34.6 Å². The number of benzene rings is 1. The summed E-state index contributed by atoms with van der Waals surface area (Å²) in [6, 6.07) is 9.32. The highest BCUT2D eigenvalue weighted by Gasteiger charge is 2.24. The molecule has 1 fully saturated rings. The van der Waals surface area contributed by atoms with Gasteiger partial charge in [-0.25, -0.2) is 0 Å². The van der Waals surface area contributed by atoms with Gasteiger partial charge in [0.05, 0.1) is 0 Å². The number of rotatable bonds is 4. The molecule has 2 N–H and O–H groups in total. The second-order valence-electron chi connectivity index (χ2n) is 6.90. The summed E-state index contributed by atoms with van der Waals surface area (Å²) in [6.07, 6.45) is 11.0. The van der Waals surface area contributed by atoms with E-state index in [-0.39, 0.29) is 0 Å². The maximum absolute atomic E-state index is 3.83. The van der Waals surface area contributed by atoms with Crippen LogP contribution in [0.5, 0.6) is 0 Å². The summed E-state index contributed by atoms with van der Waals surface area (Å²) in [5.74, 6) is 0.989. The number of aromatic amines is 1. The third kappa shape index (κ3) is 2.62. The summed E-state index contributed by atoms with van der Waals surface area (Å²) < 4.78 is 0. The van der Waals surface area contributed by atoms with Gasteiger partial charge in [0.15, 0.2) is 0 Å². The zero-order chi connectivity index (χ0) is 14.1. The van der Waals surface area contributed by atoms with Gasteiger partial charge < -0.3 is 10.3 Å². The van der Waals surface area contributed by atoms with Gasteiger partial charge in [-0.15, -0.1) is 0 Å². The van der Waals surface area contributed by atoms with E-state index in [4.69, 9.17) is 0 Å². The Morgan fingerprint density at radius 2 is 1.90 bits per heavy atom. The van der Waals surface area contributed by atoms with E-state index < -0.39 is 0 Å². The molecule has 0 aliphatic heterocycles. The predicted octanol–water partition coefficient (Wildman–Crippen LogP) is 4.72. The van der Waals surface area contributed by atoms with Crippen LogP contribution in [-0.4, -0.2) is 11.5 Å². The predicted molar refractivity (Wildman–Crippen MR) is 88.6 cm³/mol. The largest absolute Gasteiger partial charge is 0.357 e. The molecule has 2 nitrogen and oxygen atoms in total. The zero-order valence-electron chi connectivity index (χ0n) is 12.8. The SMILES string of the molecule is c1ccc2c3c([nH]c2c1)C(NCCC1CCCC1)CCC3. The van der Waals surface area contributed by atoms with Crippen molar-refractivity contribution in [3.8, 4) is 0 Å². The van der Waals surface area contributed by atoms with Crippen LogP contribution in [0.3, 0.4) is 0 Å². The van der Waals surface area contributed by atoms with Crippen LogP contribution in [0.15, 0.2) is 24.3 Å². The lowest BCUT2D eigenvalue weighted by molar-refractivity contribution is 0.411. The van der Waals surface area contributed by atoms with E-state index in [1.54, 1.807) is 5.56 Å². The van der Waals surface area contributed by atoms with Crippen molar-refractivity contribution in [2.75, 3.05) is 6.54 Å². The second-order valence-corrected chi connectivity index (χ2v) is 6.90. The second kappa shape index (κ2) is 5.84. The van der Waals surface area contributed by atoms with E-state index in [0.29, 0.717) is 6.04 Å². The van der Waals surface area contributed by atoms with Crippen LogP contribution in [0, 0.1) is 5.92 Å². The maximum atomic E-state index is 3.83. The fourth-order valence-electron chi connectivity index (χ4n) is 4.38. The number of H-pyrrole nitrogens is 1. The third-order valence-electron chi connectivity index (χ3n) is 5.53. The summed E-state index contributed by atoms with van der Waals surface area (Å²) >= 11 is 0. The number of hydrogen-bond acceptors (Lipinski definition) is 1. The van der Waals surface area contributed by atoms with Crippen molar-refractivity contribution in [3.63, 3.8) is 0 Å². The normalized spacial score (nSPS) is 22.8. The van der Waals surface area contributed by atoms with Gasteiger partial charge in [-0.1, -0.05) is 43.9 Å². The number of fused-ring (bicyclic) bond motifs is 3. The maximum Gasteiger partial charge on any atom is 0.0476 e. The van der Waals surface area contributed by atoms with Crippen LogP contribution in [0.4, 0.5) is 0 Å². The lowest BCUT2D eigenvalue weighted by atomic mass is 9.91. The van der Waals surface area contributed by atoms with Crippen LogP contribution < -0.4 is 5.32 Å². The van der Waals surface area contributed by atoms with Crippen LogP contribution in [0.1, 0.15) is 62.2 Å². The Labute approximate surface area is 127 Å². The molecule has 1 saturated carbocycles. The molecule has 0 bridgehead atoms. The molecule has 2 heteroatoms.